The first-order valence-electron chi connectivity index (χ1n) is 8.17. The fraction of sp³-hybridized carbons (Fsp3) is 0.316. The Labute approximate surface area is 145 Å². The van der Waals surface area contributed by atoms with Gasteiger partial charge in [0.25, 0.3) is 5.91 Å². The van der Waals surface area contributed by atoms with Crippen molar-refractivity contribution in [1.29, 1.82) is 0 Å². The molecule has 4 N–H and O–H groups in total. The second-order valence-electron chi connectivity index (χ2n) is 6.08. The minimum absolute atomic E-state index is 0.141. The molecule has 0 bridgehead atoms. The second-order valence-corrected chi connectivity index (χ2v) is 6.08. The molecule has 25 heavy (non-hydrogen) atoms. The SMILES string of the molecule is O=C(NC1C(O)CC(CO)OC1O)c1cccc(-c2ccccc2)c1. The third-order valence-electron chi connectivity index (χ3n) is 4.29. The van der Waals surface area contributed by atoms with Crippen LogP contribution in [0.2, 0.25) is 0 Å². The molecular formula is C19H21NO5. The number of aliphatic hydroxyl groups excluding tert-OH is 3. The first kappa shape index (κ1) is 17.6. The zero-order valence-electron chi connectivity index (χ0n) is 13.6. The van der Waals surface area contributed by atoms with Crippen LogP contribution in [0.1, 0.15) is 16.8 Å². The van der Waals surface area contributed by atoms with Gasteiger partial charge in [-0.25, -0.2) is 0 Å². The minimum Gasteiger partial charge on any atom is -0.394 e. The zero-order valence-corrected chi connectivity index (χ0v) is 13.6. The fourth-order valence-corrected chi connectivity index (χ4v) is 2.93. The van der Waals surface area contributed by atoms with E-state index < -0.39 is 30.4 Å². The summed E-state index contributed by atoms with van der Waals surface area (Å²) in [5, 5.41) is 31.8. The molecule has 132 valence electrons. The van der Waals surface area contributed by atoms with E-state index in [0.29, 0.717) is 5.56 Å². The van der Waals surface area contributed by atoms with Crippen LogP contribution in [-0.4, -0.2) is 52.4 Å². The molecule has 1 fully saturated rings. The Bertz CT molecular complexity index is 709. The Morgan fingerprint density at radius 1 is 1.08 bits per heavy atom. The molecular weight excluding hydrogens is 322 g/mol. The maximum absolute atomic E-state index is 12.5. The van der Waals surface area contributed by atoms with E-state index in [2.05, 4.69) is 5.32 Å². The number of aliphatic hydroxyl groups is 3. The largest absolute Gasteiger partial charge is 0.394 e. The Kier molecular flexibility index (Phi) is 5.45. The second kappa shape index (κ2) is 7.76. The van der Waals surface area contributed by atoms with Gasteiger partial charge >= 0.3 is 0 Å². The monoisotopic (exact) mass is 343 g/mol. The Balaban J connectivity index is 1.73. The lowest BCUT2D eigenvalue weighted by Gasteiger charge is -2.36. The van der Waals surface area contributed by atoms with Crippen molar-refractivity contribution in [1.82, 2.24) is 5.32 Å². The highest BCUT2D eigenvalue weighted by Gasteiger charge is 2.37. The van der Waals surface area contributed by atoms with Gasteiger partial charge in [-0.1, -0.05) is 42.5 Å². The van der Waals surface area contributed by atoms with Gasteiger partial charge in [0.15, 0.2) is 6.29 Å². The maximum Gasteiger partial charge on any atom is 0.251 e. The van der Waals surface area contributed by atoms with Gasteiger partial charge < -0.3 is 25.4 Å². The molecule has 6 heteroatoms. The summed E-state index contributed by atoms with van der Waals surface area (Å²) in [6.07, 6.45) is -2.87. The van der Waals surface area contributed by atoms with E-state index in [1.807, 2.05) is 36.4 Å². The van der Waals surface area contributed by atoms with Crippen LogP contribution in [0.25, 0.3) is 11.1 Å². The predicted octanol–water partition coefficient (Wildman–Crippen LogP) is 0.913. The third-order valence-corrected chi connectivity index (χ3v) is 4.29. The summed E-state index contributed by atoms with van der Waals surface area (Å²) in [4.78, 5) is 12.5. The Morgan fingerprint density at radius 2 is 1.80 bits per heavy atom. The number of nitrogens with one attached hydrogen (secondary N) is 1. The van der Waals surface area contributed by atoms with Crippen LogP contribution < -0.4 is 5.32 Å². The van der Waals surface area contributed by atoms with Crippen molar-refractivity contribution in [3.05, 3.63) is 60.2 Å². The van der Waals surface area contributed by atoms with Crippen LogP contribution in [0.3, 0.4) is 0 Å². The van der Waals surface area contributed by atoms with Gasteiger partial charge in [-0.15, -0.1) is 0 Å². The molecule has 1 saturated heterocycles. The number of rotatable bonds is 4. The molecule has 1 amide bonds. The molecule has 0 spiro atoms. The summed E-state index contributed by atoms with van der Waals surface area (Å²) in [6.45, 7) is -0.298. The first-order valence-corrected chi connectivity index (χ1v) is 8.17. The smallest absolute Gasteiger partial charge is 0.251 e. The van der Waals surface area contributed by atoms with Crippen molar-refractivity contribution in [2.24, 2.45) is 0 Å². The van der Waals surface area contributed by atoms with E-state index in [1.165, 1.54) is 0 Å². The van der Waals surface area contributed by atoms with E-state index in [1.54, 1.807) is 18.2 Å². The normalized spacial score (nSPS) is 26.2. The number of carbonyl (C=O) groups is 1. The highest BCUT2D eigenvalue weighted by Crippen LogP contribution is 2.22. The van der Waals surface area contributed by atoms with Gasteiger partial charge in [-0.05, 0) is 23.3 Å². The topological polar surface area (TPSA) is 99.0 Å². The van der Waals surface area contributed by atoms with Crippen LogP contribution in [0.4, 0.5) is 0 Å². The highest BCUT2D eigenvalue weighted by atomic mass is 16.6. The molecule has 2 aromatic carbocycles. The molecule has 0 saturated carbocycles. The van der Waals surface area contributed by atoms with Gasteiger partial charge in [-0.3, -0.25) is 4.79 Å². The summed E-state index contributed by atoms with van der Waals surface area (Å²) in [5.74, 6) is -0.410. The average Bonchev–Trinajstić information content (AvgIpc) is 2.65. The van der Waals surface area contributed by atoms with Crippen molar-refractivity contribution in [3.63, 3.8) is 0 Å². The van der Waals surface area contributed by atoms with Gasteiger partial charge in [0.1, 0.15) is 6.04 Å². The number of benzene rings is 2. The molecule has 6 nitrogen and oxygen atoms in total. The minimum atomic E-state index is -1.37. The van der Waals surface area contributed by atoms with Gasteiger partial charge in [0, 0.05) is 12.0 Å². The highest BCUT2D eigenvalue weighted by molar-refractivity contribution is 5.95. The van der Waals surface area contributed by atoms with E-state index in [0.717, 1.165) is 11.1 Å². The number of amides is 1. The summed E-state index contributed by atoms with van der Waals surface area (Å²) in [5.41, 5.74) is 2.31. The fourth-order valence-electron chi connectivity index (χ4n) is 2.93. The van der Waals surface area contributed by atoms with Crippen molar-refractivity contribution >= 4 is 5.91 Å². The molecule has 1 aliphatic rings. The molecule has 0 aliphatic carbocycles. The molecule has 4 atom stereocenters. The summed E-state index contributed by atoms with van der Waals surface area (Å²) in [6, 6.07) is 15.8. The van der Waals surface area contributed by atoms with Gasteiger partial charge in [0.05, 0.1) is 18.8 Å². The van der Waals surface area contributed by atoms with Crippen LogP contribution in [0, 0.1) is 0 Å². The lowest BCUT2D eigenvalue weighted by molar-refractivity contribution is -0.212. The summed E-state index contributed by atoms with van der Waals surface area (Å²) >= 11 is 0. The number of hydrogen-bond acceptors (Lipinski definition) is 5. The summed E-state index contributed by atoms with van der Waals surface area (Å²) < 4.78 is 5.18. The molecule has 4 unspecified atom stereocenters. The lowest BCUT2D eigenvalue weighted by atomic mass is 9.99. The molecule has 0 aromatic heterocycles. The van der Waals surface area contributed by atoms with E-state index in [-0.39, 0.29) is 13.0 Å². The van der Waals surface area contributed by atoms with Crippen LogP contribution in [-0.2, 0) is 4.74 Å². The average molecular weight is 343 g/mol. The Morgan fingerprint density at radius 3 is 2.48 bits per heavy atom. The van der Waals surface area contributed by atoms with Crippen LogP contribution in [0.15, 0.2) is 54.6 Å². The van der Waals surface area contributed by atoms with E-state index in [4.69, 9.17) is 9.84 Å². The van der Waals surface area contributed by atoms with Gasteiger partial charge in [0.2, 0.25) is 0 Å². The molecule has 1 aliphatic heterocycles. The predicted molar refractivity (Wildman–Crippen MR) is 91.7 cm³/mol. The van der Waals surface area contributed by atoms with Crippen LogP contribution >= 0.6 is 0 Å². The van der Waals surface area contributed by atoms with Crippen molar-refractivity contribution in [3.8, 4) is 11.1 Å². The number of carbonyl (C=O) groups excluding carboxylic acids is 1. The number of ether oxygens (including phenoxy) is 1. The first-order chi connectivity index (χ1) is 12.1. The Hall–Kier alpha value is -2.25. The molecule has 1 heterocycles. The van der Waals surface area contributed by atoms with Crippen LogP contribution in [0.5, 0.6) is 0 Å². The molecule has 2 aromatic rings. The van der Waals surface area contributed by atoms with Crippen molar-refractivity contribution < 1.29 is 24.9 Å². The number of hydrogen-bond donors (Lipinski definition) is 4. The molecule has 3 rings (SSSR count). The quantitative estimate of drug-likeness (QED) is 0.661. The maximum atomic E-state index is 12.5. The molecule has 0 radical (unpaired) electrons. The lowest BCUT2D eigenvalue weighted by Crippen LogP contribution is -2.57. The third kappa shape index (κ3) is 4.05. The van der Waals surface area contributed by atoms with E-state index in [9.17, 15) is 15.0 Å². The van der Waals surface area contributed by atoms with Gasteiger partial charge in [-0.2, -0.15) is 0 Å². The van der Waals surface area contributed by atoms with Crippen molar-refractivity contribution in [2.45, 2.75) is 31.0 Å². The van der Waals surface area contributed by atoms with E-state index >= 15 is 0 Å². The zero-order chi connectivity index (χ0) is 17.8. The standard InChI is InChI=1S/C19H21NO5/c21-11-15-10-16(22)17(19(24)25-15)20-18(23)14-8-4-7-13(9-14)12-5-2-1-3-6-12/h1-9,15-17,19,21-22,24H,10-11H2,(H,20,23). The van der Waals surface area contributed by atoms with Crippen molar-refractivity contribution in [2.75, 3.05) is 6.61 Å². The summed E-state index contributed by atoms with van der Waals surface area (Å²) in [7, 11) is 0.